The molecule has 0 spiro atoms. The van der Waals surface area contributed by atoms with E-state index in [9.17, 15) is 4.79 Å². The lowest BCUT2D eigenvalue weighted by atomic mass is 10.1. The van der Waals surface area contributed by atoms with Crippen molar-refractivity contribution in [2.75, 3.05) is 7.11 Å². The normalized spacial score (nSPS) is 10.4. The van der Waals surface area contributed by atoms with Crippen molar-refractivity contribution in [1.29, 1.82) is 0 Å². The molecular formula is C19H23NO3. The van der Waals surface area contributed by atoms with Gasteiger partial charge in [-0.15, -0.1) is 0 Å². The molecule has 0 aromatic heterocycles. The Bertz CT molecular complexity index is 635. The summed E-state index contributed by atoms with van der Waals surface area (Å²) in [5, 5.41) is 2.92. The van der Waals surface area contributed by atoms with E-state index in [1.165, 1.54) is 0 Å². The molecule has 23 heavy (non-hydrogen) atoms. The summed E-state index contributed by atoms with van der Waals surface area (Å²) in [5.41, 5.74) is 1.97. The number of amides is 1. The van der Waals surface area contributed by atoms with Crippen molar-refractivity contribution in [2.24, 2.45) is 0 Å². The lowest BCUT2D eigenvalue weighted by molar-refractivity contribution is -0.120. The van der Waals surface area contributed by atoms with Gasteiger partial charge in [0.2, 0.25) is 5.91 Å². The summed E-state index contributed by atoms with van der Waals surface area (Å²) in [7, 11) is 1.62. The molecule has 0 heterocycles. The average Bonchev–Trinajstić information content (AvgIpc) is 2.54. The van der Waals surface area contributed by atoms with E-state index in [4.69, 9.17) is 9.47 Å². The van der Waals surface area contributed by atoms with Crippen LogP contribution in [0.3, 0.4) is 0 Å². The van der Waals surface area contributed by atoms with E-state index in [1.54, 1.807) is 7.11 Å². The Kier molecular flexibility index (Phi) is 6.03. The van der Waals surface area contributed by atoms with E-state index in [0.717, 1.165) is 22.6 Å². The Morgan fingerprint density at radius 3 is 2.43 bits per heavy atom. The third-order valence-corrected chi connectivity index (χ3v) is 3.28. The first kappa shape index (κ1) is 16.9. The number of carbonyl (C=O) groups is 1. The summed E-state index contributed by atoms with van der Waals surface area (Å²) in [6.45, 7) is 4.49. The van der Waals surface area contributed by atoms with Gasteiger partial charge in [0.15, 0.2) is 0 Å². The molecule has 2 aromatic carbocycles. The fourth-order valence-corrected chi connectivity index (χ4v) is 2.19. The number of carbonyl (C=O) groups excluding carboxylic acids is 1. The van der Waals surface area contributed by atoms with Crippen LogP contribution in [-0.4, -0.2) is 19.1 Å². The summed E-state index contributed by atoms with van der Waals surface area (Å²) < 4.78 is 10.8. The van der Waals surface area contributed by atoms with Gasteiger partial charge in [-0.05, 0) is 49.2 Å². The highest BCUT2D eigenvalue weighted by atomic mass is 16.5. The first-order chi connectivity index (χ1) is 11.1. The van der Waals surface area contributed by atoms with Crippen molar-refractivity contribution in [2.45, 2.75) is 32.9 Å². The highest BCUT2D eigenvalue weighted by molar-refractivity contribution is 5.78. The Balaban J connectivity index is 1.84. The number of benzene rings is 2. The molecule has 1 amide bonds. The molecule has 0 fully saturated rings. The molecular weight excluding hydrogens is 290 g/mol. The number of nitrogens with one attached hydrogen (secondary N) is 1. The Hall–Kier alpha value is -2.49. The molecule has 4 nitrogen and oxygen atoms in total. The van der Waals surface area contributed by atoms with Crippen LogP contribution in [0.2, 0.25) is 0 Å². The summed E-state index contributed by atoms with van der Waals surface area (Å²) in [6, 6.07) is 15.3. The van der Waals surface area contributed by atoms with Crippen molar-refractivity contribution in [1.82, 2.24) is 5.32 Å². The topological polar surface area (TPSA) is 47.6 Å². The molecule has 0 aliphatic rings. The largest absolute Gasteiger partial charge is 0.497 e. The van der Waals surface area contributed by atoms with Gasteiger partial charge in [0, 0.05) is 6.54 Å². The molecule has 0 unspecified atom stereocenters. The zero-order valence-electron chi connectivity index (χ0n) is 13.8. The van der Waals surface area contributed by atoms with Crippen molar-refractivity contribution in [3.8, 4) is 11.5 Å². The van der Waals surface area contributed by atoms with Gasteiger partial charge in [-0.3, -0.25) is 4.79 Å². The zero-order valence-corrected chi connectivity index (χ0v) is 13.8. The van der Waals surface area contributed by atoms with E-state index in [0.29, 0.717) is 13.0 Å². The Morgan fingerprint density at radius 2 is 1.78 bits per heavy atom. The van der Waals surface area contributed by atoms with Crippen LogP contribution in [0.15, 0.2) is 48.5 Å². The predicted octanol–water partition coefficient (Wildman–Crippen LogP) is 3.34. The van der Waals surface area contributed by atoms with Gasteiger partial charge < -0.3 is 14.8 Å². The molecule has 2 aromatic rings. The van der Waals surface area contributed by atoms with Gasteiger partial charge >= 0.3 is 0 Å². The van der Waals surface area contributed by atoms with Crippen molar-refractivity contribution >= 4 is 5.91 Å². The average molecular weight is 313 g/mol. The number of hydrogen-bond acceptors (Lipinski definition) is 3. The van der Waals surface area contributed by atoms with E-state index in [-0.39, 0.29) is 12.0 Å². The third kappa shape index (κ3) is 5.66. The second kappa shape index (κ2) is 8.22. The molecule has 122 valence electrons. The van der Waals surface area contributed by atoms with Crippen LogP contribution >= 0.6 is 0 Å². The van der Waals surface area contributed by atoms with Gasteiger partial charge in [-0.2, -0.15) is 0 Å². The minimum atomic E-state index is -0.0132. The monoisotopic (exact) mass is 313 g/mol. The molecule has 1 N–H and O–H groups in total. The van der Waals surface area contributed by atoms with Crippen molar-refractivity contribution in [3.05, 3.63) is 59.7 Å². The SMILES string of the molecule is COc1cccc(CC(=O)NCc2ccc(OC(C)C)cc2)c1. The minimum Gasteiger partial charge on any atom is -0.497 e. The van der Waals surface area contributed by atoms with Crippen LogP contribution in [0.4, 0.5) is 0 Å². The molecule has 4 heteroatoms. The molecule has 0 atom stereocenters. The highest BCUT2D eigenvalue weighted by Gasteiger charge is 2.05. The van der Waals surface area contributed by atoms with E-state index in [2.05, 4.69) is 5.32 Å². The van der Waals surface area contributed by atoms with Gasteiger partial charge in [0.1, 0.15) is 11.5 Å². The molecule has 0 radical (unpaired) electrons. The Labute approximate surface area is 137 Å². The second-order valence-electron chi connectivity index (χ2n) is 5.62. The fraction of sp³-hybridized carbons (Fsp3) is 0.316. The maximum absolute atomic E-state index is 12.0. The lowest BCUT2D eigenvalue weighted by Gasteiger charge is -2.10. The van der Waals surface area contributed by atoms with Crippen LogP contribution in [0.25, 0.3) is 0 Å². The first-order valence-electron chi connectivity index (χ1n) is 7.72. The van der Waals surface area contributed by atoms with E-state index >= 15 is 0 Å². The quantitative estimate of drug-likeness (QED) is 0.853. The summed E-state index contributed by atoms with van der Waals surface area (Å²) in [6.07, 6.45) is 0.495. The van der Waals surface area contributed by atoms with E-state index < -0.39 is 0 Å². The molecule has 0 aliphatic heterocycles. The van der Waals surface area contributed by atoms with Crippen LogP contribution in [-0.2, 0) is 17.8 Å². The molecule has 0 saturated carbocycles. The van der Waals surface area contributed by atoms with Crippen LogP contribution in [0.5, 0.6) is 11.5 Å². The first-order valence-corrected chi connectivity index (χ1v) is 7.72. The third-order valence-electron chi connectivity index (χ3n) is 3.28. The minimum absolute atomic E-state index is 0.0132. The summed E-state index contributed by atoms with van der Waals surface area (Å²) in [4.78, 5) is 12.0. The van der Waals surface area contributed by atoms with E-state index in [1.807, 2.05) is 62.4 Å². The van der Waals surface area contributed by atoms with Crippen molar-refractivity contribution < 1.29 is 14.3 Å². The molecule has 0 bridgehead atoms. The predicted molar refractivity (Wildman–Crippen MR) is 90.8 cm³/mol. The van der Waals surface area contributed by atoms with Gasteiger partial charge in [-0.1, -0.05) is 24.3 Å². The standard InChI is InChI=1S/C19H23NO3/c1-14(2)23-17-9-7-15(8-10-17)13-20-19(21)12-16-5-4-6-18(11-16)22-3/h4-11,14H,12-13H2,1-3H3,(H,20,21). The maximum Gasteiger partial charge on any atom is 0.224 e. The number of methoxy groups -OCH3 is 1. The Morgan fingerprint density at radius 1 is 1.04 bits per heavy atom. The highest BCUT2D eigenvalue weighted by Crippen LogP contribution is 2.14. The fourth-order valence-electron chi connectivity index (χ4n) is 2.19. The van der Waals surface area contributed by atoms with Crippen LogP contribution < -0.4 is 14.8 Å². The van der Waals surface area contributed by atoms with Crippen molar-refractivity contribution in [3.63, 3.8) is 0 Å². The maximum atomic E-state index is 12.0. The lowest BCUT2D eigenvalue weighted by Crippen LogP contribution is -2.24. The molecule has 2 rings (SSSR count). The smallest absolute Gasteiger partial charge is 0.224 e. The van der Waals surface area contributed by atoms with Crippen LogP contribution in [0.1, 0.15) is 25.0 Å². The van der Waals surface area contributed by atoms with Crippen LogP contribution in [0, 0.1) is 0 Å². The zero-order chi connectivity index (χ0) is 16.7. The van der Waals surface area contributed by atoms with Gasteiger partial charge in [0.05, 0.1) is 19.6 Å². The number of hydrogen-bond donors (Lipinski definition) is 1. The summed E-state index contributed by atoms with van der Waals surface area (Å²) >= 11 is 0. The number of rotatable bonds is 7. The molecule has 0 saturated heterocycles. The van der Waals surface area contributed by atoms with Gasteiger partial charge in [0.25, 0.3) is 0 Å². The molecule has 0 aliphatic carbocycles. The number of ether oxygens (including phenoxy) is 2. The summed E-state index contributed by atoms with van der Waals surface area (Å²) in [5.74, 6) is 1.59. The van der Waals surface area contributed by atoms with Gasteiger partial charge in [-0.25, -0.2) is 0 Å². The second-order valence-corrected chi connectivity index (χ2v) is 5.62.